The molecule has 130 valence electrons. The molecule has 0 aliphatic carbocycles. The molecule has 0 fully saturated rings. The standard InChI is InChI=1S/C20H23N3O2/c1-4-5-16-12-18(13(2)3)23(22-16)19-11-10-17(21-19)14-6-8-15(9-7-14)20(24)25/h6-13,21H,4-5H2,1-3H3,(H,24,25). The van der Waals surface area contributed by atoms with Crippen LogP contribution in [0.3, 0.4) is 0 Å². The van der Waals surface area contributed by atoms with Crippen molar-refractivity contribution in [2.75, 3.05) is 0 Å². The summed E-state index contributed by atoms with van der Waals surface area (Å²) >= 11 is 0. The Balaban J connectivity index is 1.94. The Hall–Kier alpha value is -2.82. The topological polar surface area (TPSA) is 70.9 Å². The number of aryl methyl sites for hydroxylation is 1. The lowest BCUT2D eigenvalue weighted by atomic mass is 10.1. The summed E-state index contributed by atoms with van der Waals surface area (Å²) < 4.78 is 1.98. The molecule has 0 atom stereocenters. The molecule has 2 heterocycles. The average Bonchev–Trinajstić information content (AvgIpc) is 3.22. The highest BCUT2D eigenvalue weighted by Crippen LogP contribution is 2.24. The van der Waals surface area contributed by atoms with Crippen LogP contribution < -0.4 is 0 Å². The first-order valence-electron chi connectivity index (χ1n) is 8.61. The van der Waals surface area contributed by atoms with Gasteiger partial charge in [-0.05, 0) is 48.2 Å². The van der Waals surface area contributed by atoms with Gasteiger partial charge in [0.05, 0.1) is 11.3 Å². The van der Waals surface area contributed by atoms with Gasteiger partial charge in [-0.25, -0.2) is 9.48 Å². The summed E-state index contributed by atoms with van der Waals surface area (Å²) in [5.74, 6) is 0.378. The summed E-state index contributed by atoms with van der Waals surface area (Å²) in [7, 11) is 0. The maximum Gasteiger partial charge on any atom is 0.335 e. The Morgan fingerprint density at radius 2 is 1.92 bits per heavy atom. The monoisotopic (exact) mass is 337 g/mol. The number of carbonyl (C=O) groups is 1. The predicted molar refractivity (Wildman–Crippen MR) is 98.4 cm³/mol. The third-order valence-corrected chi connectivity index (χ3v) is 4.23. The van der Waals surface area contributed by atoms with Gasteiger partial charge in [0.25, 0.3) is 0 Å². The Morgan fingerprint density at radius 3 is 2.52 bits per heavy atom. The molecule has 5 heteroatoms. The number of hydrogen-bond donors (Lipinski definition) is 2. The smallest absolute Gasteiger partial charge is 0.335 e. The minimum Gasteiger partial charge on any atom is -0.478 e. The lowest BCUT2D eigenvalue weighted by Gasteiger charge is -2.08. The van der Waals surface area contributed by atoms with Gasteiger partial charge in [-0.3, -0.25) is 0 Å². The van der Waals surface area contributed by atoms with Crippen LogP contribution in [0.25, 0.3) is 17.1 Å². The molecule has 0 radical (unpaired) electrons. The predicted octanol–water partition coefficient (Wildman–Crippen LogP) is 4.64. The van der Waals surface area contributed by atoms with Crippen molar-refractivity contribution >= 4 is 5.97 Å². The fourth-order valence-corrected chi connectivity index (χ4v) is 2.90. The third-order valence-electron chi connectivity index (χ3n) is 4.23. The molecule has 2 aromatic heterocycles. The molecule has 25 heavy (non-hydrogen) atoms. The van der Waals surface area contributed by atoms with Crippen molar-refractivity contribution in [1.29, 1.82) is 0 Å². The number of rotatable bonds is 6. The fraction of sp³-hybridized carbons (Fsp3) is 0.300. The zero-order valence-corrected chi connectivity index (χ0v) is 14.8. The maximum atomic E-state index is 11.0. The summed E-state index contributed by atoms with van der Waals surface area (Å²) in [5, 5.41) is 13.8. The van der Waals surface area contributed by atoms with Crippen LogP contribution in [0.15, 0.2) is 42.5 Å². The van der Waals surface area contributed by atoms with Crippen LogP contribution in [-0.2, 0) is 6.42 Å². The van der Waals surface area contributed by atoms with Gasteiger partial charge in [-0.15, -0.1) is 0 Å². The number of nitrogens with zero attached hydrogens (tertiary/aromatic N) is 2. The number of hydrogen-bond acceptors (Lipinski definition) is 2. The number of H-pyrrole nitrogens is 1. The van der Waals surface area contributed by atoms with Crippen molar-refractivity contribution in [3.8, 4) is 17.1 Å². The van der Waals surface area contributed by atoms with Crippen LogP contribution >= 0.6 is 0 Å². The van der Waals surface area contributed by atoms with Crippen LogP contribution in [0, 0.1) is 0 Å². The lowest BCUT2D eigenvalue weighted by Crippen LogP contribution is -2.04. The third kappa shape index (κ3) is 3.50. The van der Waals surface area contributed by atoms with Crippen molar-refractivity contribution < 1.29 is 9.90 Å². The van der Waals surface area contributed by atoms with Gasteiger partial charge in [-0.1, -0.05) is 39.3 Å². The van der Waals surface area contributed by atoms with E-state index in [1.165, 1.54) is 5.69 Å². The first-order chi connectivity index (χ1) is 12.0. The second-order valence-corrected chi connectivity index (χ2v) is 6.52. The van der Waals surface area contributed by atoms with Crippen molar-refractivity contribution in [3.05, 3.63) is 59.4 Å². The van der Waals surface area contributed by atoms with E-state index in [-0.39, 0.29) is 5.56 Å². The van der Waals surface area contributed by atoms with E-state index in [1.54, 1.807) is 12.1 Å². The molecule has 0 saturated heterocycles. The molecule has 0 bridgehead atoms. The summed E-state index contributed by atoms with van der Waals surface area (Å²) in [6, 6.07) is 13.0. The van der Waals surface area contributed by atoms with Crippen molar-refractivity contribution in [2.24, 2.45) is 0 Å². The van der Waals surface area contributed by atoms with E-state index in [1.807, 2.05) is 28.9 Å². The van der Waals surface area contributed by atoms with E-state index in [9.17, 15) is 4.79 Å². The first-order valence-corrected chi connectivity index (χ1v) is 8.61. The van der Waals surface area contributed by atoms with Gasteiger partial charge < -0.3 is 10.1 Å². The Morgan fingerprint density at radius 1 is 1.20 bits per heavy atom. The van der Waals surface area contributed by atoms with E-state index in [0.29, 0.717) is 5.92 Å². The fourth-order valence-electron chi connectivity index (χ4n) is 2.90. The van der Waals surface area contributed by atoms with Gasteiger partial charge in [0.15, 0.2) is 0 Å². The minimum atomic E-state index is -0.916. The Bertz CT molecular complexity index is 873. The summed E-state index contributed by atoms with van der Waals surface area (Å²) in [6.45, 7) is 6.48. The van der Waals surface area contributed by atoms with Crippen LogP contribution in [0.5, 0.6) is 0 Å². The summed E-state index contributed by atoms with van der Waals surface area (Å²) in [4.78, 5) is 14.4. The number of aromatic carboxylic acids is 1. The maximum absolute atomic E-state index is 11.0. The molecular formula is C20H23N3O2. The minimum absolute atomic E-state index is 0.286. The zero-order valence-electron chi connectivity index (χ0n) is 14.8. The van der Waals surface area contributed by atoms with Gasteiger partial charge in [-0.2, -0.15) is 5.10 Å². The number of nitrogens with one attached hydrogen (secondary N) is 1. The van der Waals surface area contributed by atoms with Crippen molar-refractivity contribution in [3.63, 3.8) is 0 Å². The van der Waals surface area contributed by atoms with E-state index >= 15 is 0 Å². The number of carboxylic acid groups (broad SMARTS) is 1. The van der Waals surface area contributed by atoms with Crippen molar-refractivity contribution in [2.45, 2.75) is 39.5 Å². The highest BCUT2D eigenvalue weighted by molar-refractivity contribution is 5.88. The van der Waals surface area contributed by atoms with Crippen LogP contribution in [0.4, 0.5) is 0 Å². The zero-order chi connectivity index (χ0) is 18.0. The summed E-state index contributed by atoms with van der Waals surface area (Å²) in [5.41, 5.74) is 4.46. The molecule has 2 N–H and O–H groups in total. The van der Waals surface area contributed by atoms with Gasteiger partial charge in [0.1, 0.15) is 5.82 Å². The molecule has 0 unspecified atom stereocenters. The van der Waals surface area contributed by atoms with Crippen LogP contribution in [-0.4, -0.2) is 25.8 Å². The van der Waals surface area contributed by atoms with Gasteiger partial charge in [0.2, 0.25) is 0 Å². The Kier molecular flexibility index (Phi) is 4.74. The molecule has 3 aromatic rings. The van der Waals surface area contributed by atoms with E-state index in [2.05, 4.69) is 31.8 Å². The van der Waals surface area contributed by atoms with Gasteiger partial charge in [0, 0.05) is 11.4 Å². The number of aromatic nitrogens is 3. The van der Waals surface area contributed by atoms with Crippen LogP contribution in [0.1, 0.15) is 54.9 Å². The molecular weight excluding hydrogens is 314 g/mol. The van der Waals surface area contributed by atoms with E-state index < -0.39 is 5.97 Å². The largest absolute Gasteiger partial charge is 0.478 e. The molecule has 0 saturated carbocycles. The number of carboxylic acids is 1. The number of aromatic amines is 1. The van der Waals surface area contributed by atoms with Gasteiger partial charge >= 0.3 is 5.97 Å². The Labute approximate surface area is 147 Å². The quantitative estimate of drug-likeness (QED) is 0.688. The van der Waals surface area contributed by atoms with E-state index in [0.717, 1.165) is 35.6 Å². The average molecular weight is 337 g/mol. The van der Waals surface area contributed by atoms with Crippen LogP contribution in [0.2, 0.25) is 0 Å². The van der Waals surface area contributed by atoms with Crippen molar-refractivity contribution in [1.82, 2.24) is 14.8 Å². The molecule has 0 amide bonds. The number of benzene rings is 1. The molecule has 0 aliphatic rings. The highest BCUT2D eigenvalue weighted by atomic mass is 16.4. The van der Waals surface area contributed by atoms with E-state index in [4.69, 9.17) is 10.2 Å². The first kappa shape index (κ1) is 17.0. The normalized spacial score (nSPS) is 11.2. The lowest BCUT2D eigenvalue weighted by molar-refractivity contribution is 0.0697. The molecule has 3 rings (SSSR count). The highest BCUT2D eigenvalue weighted by Gasteiger charge is 2.14. The second-order valence-electron chi connectivity index (χ2n) is 6.52. The molecule has 0 spiro atoms. The SMILES string of the molecule is CCCc1cc(C(C)C)n(-c2ccc(-c3ccc(C(=O)O)cc3)[nH]2)n1. The summed E-state index contributed by atoms with van der Waals surface area (Å²) in [6.07, 6.45) is 2.04. The molecule has 5 nitrogen and oxygen atoms in total. The second kappa shape index (κ2) is 6.97. The molecule has 0 aliphatic heterocycles. The molecule has 1 aromatic carbocycles.